The summed E-state index contributed by atoms with van der Waals surface area (Å²) in [6.07, 6.45) is 8.62. The molecule has 0 aromatic heterocycles. The molecule has 0 saturated heterocycles. The van der Waals surface area contributed by atoms with E-state index in [9.17, 15) is 0 Å². The number of benzene rings is 2. The second-order valence-electron chi connectivity index (χ2n) is 6.88. The van der Waals surface area contributed by atoms with Crippen LogP contribution in [-0.4, -0.2) is 12.3 Å². The van der Waals surface area contributed by atoms with Gasteiger partial charge in [0.05, 0.1) is 0 Å². The first-order valence-corrected chi connectivity index (χ1v) is 16.3. The molecule has 0 heterocycles. The van der Waals surface area contributed by atoms with Crippen LogP contribution in [0.25, 0.3) is 12.2 Å². The van der Waals surface area contributed by atoms with Crippen molar-refractivity contribution < 1.29 is 19.3 Å². The molecular weight excluding hydrogens is 380 g/mol. The van der Waals surface area contributed by atoms with Crippen LogP contribution in [0, 0.1) is 0 Å². The standard InChI is InChI=1S/C19H15O.C2H6Si.ClH.Ti/c20-19(17-11-9-13-5-1-3-7-15(13)17)18-12-10-14-6-2-4-8-16(14)18;1-3-2;;/h1-12,17-19H;1-2H3;1H;/q-1;;;+2/p-1. The Labute approximate surface area is 160 Å². The second-order valence-corrected chi connectivity index (χ2v) is 19.4. The van der Waals surface area contributed by atoms with Crippen LogP contribution in [-0.2, 0) is 19.3 Å². The van der Waals surface area contributed by atoms with E-state index >= 15 is 0 Å². The summed E-state index contributed by atoms with van der Waals surface area (Å²) in [5, 5.41) is 0. The maximum atomic E-state index is 6.76. The van der Waals surface area contributed by atoms with Crippen LogP contribution >= 0.6 is 9.30 Å². The Bertz CT molecular complexity index is 837. The summed E-state index contributed by atoms with van der Waals surface area (Å²) in [6.45, 7) is 4.56. The summed E-state index contributed by atoms with van der Waals surface area (Å²) in [5.74, 6) is 0.555. The van der Waals surface area contributed by atoms with Gasteiger partial charge in [-0.3, -0.25) is 0 Å². The van der Waals surface area contributed by atoms with Crippen molar-refractivity contribution in [2.45, 2.75) is 31.0 Å². The molecule has 0 aliphatic heterocycles. The third-order valence-corrected chi connectivity index (χ3v) is 15.8. The molecule has 0 N–H and O–H groups in total. The number of rotatable bonds is 4. The van der Waals surface area contributed by atoms with Gasteiger partial charge in [-0.1, -0.05) is 0 Å². The molecule has 25 heavy (non-hydrogen) atoms. The zero-order chi connectivity index (χ0) is 17.4. The van der Waals surface area contributed by atoms with E-state index in [1.165, 1.54) is 22.3 Å². The molecule has 4 rings (SSSR count). The second kappa shape index (κ2) is 7.38. The molecule has 2 aliphatic carbocycles. The van der Waals surface area contributed by atoms with E-state index in [4.69, 9.17) is 12.6 Å². The molecular formula is C21H21ClOSiTi. The van der Waals surface area contributed by atoms with Gasteiger partial charge in [0, 0.05) is 0 Å². The predicted octanol–water partition coefficient (Wildman–Crippen LogP) is 5.93. The minimum absolute atomic E-state index is 0.0900. The van der Waals surface area contributed by atoms with Crippen molar-refractivity contribution in [3.8, 4) is 0 Å². The molecule has 0 spiro atoms. The first kappa shape index (κ1) is 17.5. The Morgan fingerprint density at radius 3 is 1.84 bits per heavy atom. The average Bonchev–Trinajstić information content (AvgIpc) is 3.24. The van der Waals surface area contributed by atoms with Gasteiger partial charge in [-0.25, -0.2) is 0 Å². The van der Waals surface area contributed by atoms with Crippen LogP contribution in [0.5, 0.6) is 0 Å². The van der Waals surface area contributed by atoms with Crippen molar-refractivity contribution in [2.24, 2.45) is 0 Å². The van der Waals surface area contributed by atoms with Gasteiger partial charge in [0.25, 0.3) is 0 Å². The number of hydrogen-bond acceptors (Lipinski definition) is 1. The van der Waals surface area contributed by atoms with Crippen molar-refractivity contribution >= 4 is 27.6 Å². The van der Waals surface area contributed by atoms with Gasteiger partial charge in [-0.15, -0.1) is 0 Å². The zero-order valence-corrected chi connectivity index (χ0v) is 17.8. The van der Waals surface area contributed by atoms with E-state index in [-0.39, 0.29) is 17.9 Å². The van der Waals surface area contributed by atoms with E-state index in [2.05, 4.69) is 85.9 Å². The van der Waals surface area contributed by atoms with Gasteiger partial charge in [0.2, 0.25) is 0 Å². The van der Waals surface area contributed by atoms with Gasteiger partial charge >= 0.3 is 161 Å². The fourth-order valence-electron chi connectivity index (χ4n) is 3.73. The van der Waals surface area contributed by atoms with Crippen molar-refractivity contribution in [1.29, 1.82) is 0 Å². The molecule has 4 heteroatoms. The molecule has 126 valence electrons. The van der Waals surface area contributed by atoms with Gasteiger partial charge in [0.15, 0.2) is 0 Å². The Morgan fingerprint density at radius 1 is 0.880 bits per heavy atom. The minimum atomic E-state index is -1.96. The Morgan fingerprint density at radius 2 is 1.36 bits per heavy atom. The van der Waals surface area contributed by atoms with Crippen molar-refractivity contribution in [3.63, 3.8) is 0 Å². The number of fused-ring (bicyclic) bond motifs is 2. The van der Waals surface area contributed by atoms with Crippen LogP contribution in [0.1, 0.15) is 34.1 Å². The summed E-state index contributed by atoms with van der Waals surface area (Å²) < 4.78 is 6.67. The van der Waals surface area contributed by atoms with Gasteiger partial charge in [-0.05, 0) is 0 Å². The fraction of sp³-hybridized carbons (Fsp3) is 0.238. The van der Waals surface area contributed by atoms with Crippen LogP contribution in [0.15, 0.2) is 60.7 Å². The topological polar surface area (TPSA) is 9.23 Å². The Balaban J connectivity index is 1.76. The molecule has 1 nitrogen and oxygen atoms in total. The van der Waals surface area contributed by atoms with Crippen LogP contribution in [0.2, 0.25) is 13.1 Å². The van der Waals surface area contributed by atoms with Gasteiger partial charge in [-0.2, -0.15) is 0 Å². The molecule has 0 radical (unpaired) electrons. The quantitative estimate of drug-likeness (QED) is 0.578. The molecule has 0 saturated carbocycles. The third-order valence-electron chi connectivity index (χ3n) is 5.02. The van der Waals surface area contributed by atoms with Gasteiger partial charge in [0.1, 0.15) is 0 Å². The summed E-state index contributed by atoms with van der Waals surface area (Å²) in [4.78, 5) is 0. The average molecular weight is 401 g/mol. The summed E-state index contributed by atoms with van der Waals surface area (Å²) >= 11 is -1.96. The predicted molar refractivity (Wildman–Crippen MR) is 105 cm³/mol. The van der Waals surface area contributed by atoms with E-state index in [1.54, 1.807) is 0 Å². The third kappa shape index (κ3) is 3.39. The zero-order valence-electron chi connectivity index (χ0n) is 14.4. The van der Waals surface area contributed by atoms with Crippen molar-refractivity contribution in [2.75, 3.05) is 0 Å². The first-order valence-electron chi connectivity index (χ1n) is 8.69. The Hall–Kier alpha value is -0.899. The number of halogens is 1. The molecule has 2 aromatic rings. The number of hydrogen-bond donors (Lipinski definition) is 0. The van der Waals surface area contributed by atoms with E-state index in [1.807, 2.05) is 0 Å². The summed E-state index contributed by atoms with van der Waals surface area (Å²) in [6, 6.07) is 17.3. The first-order chi connectivity index (χ1) is 12.1. The summed E-state index contributed by atoms with van der Waals surface area (Å²) in [7, 11) is 6.76. The van der Waals surface area contributed by atoms with Crippen LogP contribution in [0.3, 0.4) is 0 Å². The Kier molecular flexibility index (Phi) is 5.17. The SMILES string of the molecule is C[Si](C)=[Ti]([Cl])[O]C(C1C=Cc2ccccc21)C1C=Cc2ccccc21. The van der Waals surface area contributed by atoms with Crippen molar-refractivity contribution in [3.05, 3.63) is 82.9 Å². The molecule has 2 unspecified atom stereocenters. The normalized spacial score (nSPS) is 21.1. The van der Waals surface area contributed by atoms with E-state index in [0.717, 1.165) is 0 Å². The molecule has 0 fully saturated rings. The molecule has 2 aromatic carbocycles. The molecule has 0 amide bonds. The van der Waals surface area contributed by atoms with Crippen LogP contribution < -0.4 is 0 Å². The van der Waals surface area contributed by atoms with Crippen molar-refractivity contribution in [1.82, 2.24) is 0 Å². The maximum absolute atomic E-state index is 6.76. The monoisotopic (exact) mass is 400 g/mol. The van der Waals surface area contributed by atoms with Crippen LogP contribution in [0.4, 0.5) is 0 Å². The molecule has 2 atom stereocenters. The fourth-order valence-corrected chi connectivity index (χ4v) is 6.89. The summed E-state index contributed by atoms with van der Waals surface area (Å²) in [5.41, 5.74) is 5.36. The van der Waals surface area contributed by atoms with Gasteiger partial charge < -0.3 is 0 Å². The van der Waals surface area contributed by atoms with E-state index < -0.39 is 22.1 Å². The molecule has 0 bridgehead atoms. The van der Waals surface area contributed by atoms with E-state index in [0.29, 0.717) is 0 Å². The molecule has 2 aliphatic rings.